The van der Waals surface area contributed by atoms with E-state index in [-0.39, 0.29) is 5.91 Å². The van der Waals surface area contributed by atoms with Crippen LogP contribution >= 0.6 is 0 Å². The molecule has 1 aliphatic rings. The Morgan fingerprint density at radius 3 is 2.62 bits per heavy atom. The van der Waals surface area contributed by atoms with Gasteiger partial charge in [0.15, 0.2) is 5.96 Å². The highest BCUT2D eigenvalue weighted by Gasteiger charge is 2.08. The minimum atomic E-state index is -0.0848. The van der Waals surface area contributed by atoms with E-state index < -0.39 is 0 Å². The lowest BCUT2D eigenvalue weighted by Gasteiger charge is -2.26. The number of ether oxygens (including phenoxy) is 1. The Balaban J connectivity index is 1.52. The highest BCUT2D eigenvalue weighted by atomic mass is 16.5. The maximum Gasteiger partial charge on any atom is 0.251 e. The number of aliphatic imine (C=N–C) groups is 1. The van der Waals surface area contributed by atoms with Crippen LogP contribution in [0.4, 0.5) is 0 Å². The third-order valence-electron chi connectivity index (χ3n) is 3.77. The van der Waals surface area contributed by atoms with E-state index in [9.17, 15) is 4.79 Å². The Hall–Kier alpha value is -2.12. The molecule has 0 spiro atoms. The van der Waals surface area contributed by atoms with Crippen LogP contribution in [0.25, 0.3) is 0 Å². The predicted molar refractivity (Wildman–Crippen MR) is 95.1 cm³/mol. The van der Waals surface area contributed by atoms with Crippen molar-refractivity contribution in [3.8, 4) is 0 Å². The summed E-state index contributed by atoms with van der Waals surface area (Å²) in [5.74, 6) is 0.337. The van der Waals surface area contributed by atoms with Crippen molar-refractivity contribution in [3.63, 3.8) is 0 Å². The Labute approximate surface area is 143 Å². The van der Waals surface area contributed by atoms with Crippen LogP contribution in [-0.2, 0) is 4.74 Å². The van der Waals surface area contributed by atoms with Gasteiger partial charge in [0.2, 0.25) is 0 Å². The molecule has 7 nitrogen and oxygen atoms in total. The van der Waals surface area contributed by atoms with Crippen molar-refractivity contribution in [2.75, 3.05) is 52.5 Å². The van der Waals surface area contributed by atoms with Crippen molar-refractivity contribution >= 4 is 11.9 Å². The van der Waals surface area contributed by atoms with Crippen LogP contribution in [0.1, 0.15) is 16.8 Å². The van der Waals surface area contributed by atoms with Crippen molar-refractivity contribution in [2.45, 2.75) is 6.42 Å². The summed E-state index contributed by atoms with van der Waals surface area (Å²) in [6.07, 6.45) is 0.979. The lowest BCUT2D eigenvalue weighted by atomic mass is 10.2. The van der Waals surface area contributed by atoms with E-state index in [4.69, 9.17) is 10.5 Å². The average molecular weight is 333 g/mol. The van der Waals surface area contributed by atoms with E-state index in [1.165, 1.54) is 0 Å². The normalized spacial score (nSPS) is 15.9. The maximum absolute atomic E-state index is 11.8. The molecule has 132 valence electrons. The fourth-order valence-corrected chi connectivity index (χ4v) is 2.43. The number of carbonyl (C=O) groups is 1. The van der Waals surface area contributed by atoms with Gasteiger partial charge < -0.3 is 21.1 Å². The molecule has 0 radical (unpaired) electrons. The van der Waals surface area contributed by atoms with Crippen LogP contribution in [0.15, 0.2) is 35.3 Å². The molecule has 1 aliphatic heterocycles. The zero-order valence-electron chi connectivity index (χ0n) is 14.0. The first-order chi connectivity index (χ1) is 11.8. The number of nitrogens with two attached hydrogens (primary N) is 1. The third kappa shape index (κ3) is 6.97. The summed E-state index contributed by atoms with van der Waals surface area (Å²) in [4.78, 5) is 18.5. The molecule has 0 aliphatic carbocycles. The van der Waals surface area contributed by atoms with E-state index in [1.54, 1.807) is 12.1 Å². The highest BCUT2D eigenvalue weighted by molar-refractivity contribution is 5.94. The molecular formula is C17H27N5O2. The summed E-state index contributed by atoms with van der Waals surface area (Å²) < 4.78 is 5.32. The fourth-order valence-electron chi connectivity index (χ4n) is 2.43. The van der Waals surface area contributed by atoms with Gasteiger partial charge in [-0.3, -0.25) is 14.7 Å². The molecule has 7 heteroatoms. The van der Waals surface area contributed by atoms with Gasteiger partial charge in [0.25, 0.3) is 5.91 Å². The predicted octanol–water partition coefficient (Wildman–Crippen LogP) is 0.0430. The molecule has 1 aromatic rings. The number of carbonyl (C=O) groups excluding carboxylic acids is 1. The van der Waals surface area contributed by atoms with Crippen LogP contribution in [-0.4, -0.2) is 69.2 Å². The summed E-state index contributed by atoms with van der Waals surface area (Å²) in [6.45, 7) is 6.41. The summed E-state index contributed by atoms with van der Waals surface area (Å²) in [5.41, 5.74) is 6.47. The maximum atomic E-state index is 11.8. The van der Waals surface area contributed by atoms with Gasteiger partial charge in [-0.1, -0.05) is 18.2 Å². The largest absolute Gasteiger partial charge is 0.379 e. The minimum absolute atomic E-state index is 0.0848. The number of rotatable bonds is 8. The number of morpholine rings is 1. The quantitative estimate of drug-likeness (QED) is 0.355. The average Bonchev–Trinajstić information content (AvgIpc) is 2.64. The van der Waals surface area contributed by atoms with Gasteiger partial charge >= 0.3 is 0 Å². The summed E-state index contributed by atoms with van der Waals surface area (Å²) >= 11 is 0. The summed E-state index contributed by atoms with van der Waals surface area (Å²) in [5, 5.41) is 5.84. The molecule has 1 amide bonds. The van der Waals surface area contributed by atoms with Crippen molar-refractivity contribution in [1.29, 1.82) is 0 Å². The molecule has 0 saturated carbocycles. The molecule has 0 unspecified atom stereocenters. The second-order valence-electron chi connectivity index (χ2n) is 5.62. The Morgan fingerprint density at radius 1 is 1.17 bits per heavy atom. The number of nitrogens with zero attached hydrogens (tertiary/aromatic N) is 2. The molecule has 1 heterocycles. The molecular weight excluding hydrogens is 306 g/mol. The second kappa shape index (κ2) is 10.6. The molecule has 1 fully saturated rings. The SMILES string of the molecule is NC(=NCCCN1CCOCC1)NCCNC(=O)c1ccccc1. The first-order valence-corrected chi connectivity index (χ1v) is 8.43. The van der Waals surface area contributed by atoms with Crippen LogP contribution < -0.4 is 16.4 Å². The van der Waals surface area contributed by atoms with E-state index in [1.807, 2.05) is 18.2 Å². The first kappa shape index (κ1) is 18.2. The van der Waals surface area contributed by atoms with Gasteiger partial charge in [0.05, 0.1) is 13.2 Å². The molecule has 0 atom stereocenters. The van der Waals surface area contributed by atoms with Crippen molar-refractivity contribution in [2.24, 2.45) is 10.7 Å². The Bertz CT molecular complexity index is 515. The lowest BCUT2D eigenvalue weighted by molar-refractivity contribution is 0.0377. The van der Waals surface area contributed by atoms with Crippen LogP contribution in [0.3, 0.4) is 0 Å². The zero-order chi connectivity index (χ0) is 17.0. The number of amides is 1. The van der Waals surface area contributed by atoms with Gasteiger partial charge in [0, 0.05) is 44.8 Å². The Kier molecular flexibility index (Phi) is 8.06. The standard InChI is InChI=1S/C17H27N5O2/c18-17(20-7-4-10-22-11-13-24-14-12-22)21-9-8-19-16(23)15-5-2-1-3-6-15/h1-3,5-6H,4,7-14H2,(H,19,23)(H3,18,20,21). The van der Waals surface area contributed by atoms with Crippen LogP contribution in [0.2, 0.25) is 0 Å². The second-order valence-corrected chi connectivity index (χ2v) is 5.62. The van der Waals surface area contributed by atoms with Crippen LogP contribution in [0.5, 0.6) is 0 Å². The smallest absolute Gasteiger partial charge is 0.251 e. The monoisotopic (exact) mass is 333 g/mol. The minimum Gasteiger partial charge on any atom is -0.379 e. The lowest BCUT2D eigenvalue weighted by Crippen LogP contribution is -2.39. The zero-order valence-corrected chi connectivity index (χ0v) is 14.0. The van der Waals surface area contributed by atoms with Gasteiger partial charge in [-0.05, 0) is 18.6 Å². The number of benzene rings is 1. The van der Waals surface area contributed by atoms with Gasteiger partial charge in [-0.25, -0.2) is 0 Å². The molecule has 4 N–H and O–H groups in total. The molecule has 2 rings (SSSR count). The fraction of sp³-hybridized carbons (Fsp3) is 0.529. The number of hydrogen-bond acceptors (Lipinski definition) is 4. The van der Waals surface area contributed by atoms with Gasteiger partial charge in [-0.15, -0.1) is 0 Å². The molecule has 0 aromatic heterocycles. The van der Waals surface area contributed by atoms with E-state index in [0.29, 0.717) is 31.2 Å². The molecule has 24 heavy (non-hydrogen) atoms. The van der Waals surface area contributed by atoms with Crippen molar-refractivity contribution in [1.82, 2.24) is 15.5 Å². The van der Waals surface area contributed by atoms with Crippen LogP contribution in [0, 0.1) is 0 Å². The summed E-state index contributed by atoms with van der Waals surface area (Å²) in [6, 6.07) is 9.14. The van der Waals surface area contributed by atoms with E-state index in [0.717, 1.165) is 39.3 Å². The van der Waals surface area contributed by atoms with Gasteiger partial charge in [0.1, 0.15) is 0 Å². The number of nitrogens with one attached hydrogen (secondary N) is 2. The highest BCUT2D eigenvalue weighted by Crippen LogP contribution is 1.98. The molecule has 1 saturated heterocycles. The topological polar surface area (TPSA) is 92.0 Å². The molecule has 1 aromatic carbocycles. The number of hydrogen-bond donors (Lipinski definition) is 3. The summed E-state index contributed by atoms with van der Waals surface area (Å²) in [7, 11) is 0. The van der Waals surface area contributed by atoms with E-state index in [2.05, 4.69) is 20.5 Å². The third-order valence-corrected chi connectivity index (χ3v) is 3.77. The van der Waals surface area contributed by atoms with Gasteiger partial charge in [-0.2, -0.15) is 0 Å². The number of guanidine groups is 1. The first-order valence-electron chi connectivity index (χ1n) is 8.43. The van der Waals surface area contributed by atoms with E-state index >= 15 is 0 Å². The molecule has 0 bridgehead atoms. The van der Waals surface area contributed by atoms with Crippen molar-refractivity contribution in [3.05, 3.63) is 35.9 Å². The Morgan fingerprint density at radius 2 is 1.88 bits per heavy atom. The van der Waals surface area contributed by atoms with Crippen molar-refractivity contribution < 1.29 is 9.53 Å².